The zero-order valence-electron chi connectivity index (χ0n) is 11.4. The largest absolute Gasteiger partial charge is 0.465 e. The Morgan fingerprint density at radius 3 is 2.63 bits per heavy atom. The highest BCUT2D eigenvalue weighted by Crippen LogP contribution is 2.10. The zero-order valence-corrected chi connectivity index (χ0v) is 11.4. The van der Waals surface area contributed by atoms with Gasteiger partial charge < -0.3 is 9.64 Å². The van der Waals surface area contributed by atoms with Crippen molar-refractivity contribution in [2.75, 3.05) is 20.2 Å². The van der Waals surface area contributed by atoms with Gasteiger partial charge in [0, 0.05) is 18.7 Å². The molecule has 4 heteroatoms. The van der Waals surface area contributed by atoms with Crippen LogP contribution in [0, 0.1) is 0 Å². The number of ether oxygens (including phenoxy) is 1. The van der Waals surface area contributed by atoms with Crippen LogP contribution >= 0.6 is 0 Å². The summed E-state index contributed by atoms with van der Waals surface area (Å²) in [7, 11) is 1.32. The van der Waals surface area contributed by atoms with E-state index in [0.29, 0.717) is 24.2 Å². The summed E-state index contributed by atoms with van der Waals surface area (Å²) in [4.78, 5) is 25.5. The molecule has 0 bridgehead atoms. The van der Waals surface area contributed by atoms with E-state index in [1.807, 2.05) is 6.92 Å². The third-order valence-corrected chi connectivity index (χ3v) is 2.66. The lowest BCUT2D eigenvalue weighted by Crippen LogP contribution is -2.32. The summed E-state index contributed by atoms with van der Waals surface area (Å²) in [5, 5.41) is 0. The fourth-order valence-corrected chi connectivity index (χ4v) is 1.78. The number of nitrogens with zero attached hydrogens (tertiary/aromatic N) is 1. The summed E-state index contributed by atoms with van der Waals surface area (Å²) in [5.41, 5.74) is 0.863. The molecule has 1 aromatic carbocycles. The molecule has 0 fully saturated rings. The highest BCUT2D eigenvalue weighted by Gasteiger charge is 2.15. The molecule has 0 aliphatic carbocycles. The fourth-order valence-electron chi connectivity index (χ4n) is 1.78. The SMILES string of the molecule is C=CCN(CCC)C(=O)c1cccc(C(=O)OC)c1. The van der Waals surface area contributed by atoms with E-state index in [9.17, 15) is 9.59 Å². The molecular weight excluding hydrogens is 242 g/mol. The van der Waals surface area contributed by atoms with Crippen LogP contribution < -0.4 is 0 Å². The number of carbonyl (C=O) groups excluding carboxylic acids is 2. The maximum Gasteiger partial charge on any atom is 0.337 e. The van der Waals surface area contributed by atoms with E-state index in [2.05, 4.69) is 11.3 Å². The first-order chi connectivity index (χ1) is 9.13. The van der Waals surface area contributed by atoms with Gasteiger partial charge in [0.2, 0.25) is 0 Å². The van der Waals surface area contributed by atoms with E-state index in [-0.39, 0.29) is 5.91 Å². The second kappa shape index (κ2) is 7.36. The quantitative estimate of drug-likeness (QED) is 0.584. The molecule has 0 aliphatic heterocycles. The van der Waals surface area contributed by atoms with Gasteiger partial charge in [0.1, 0.15) is 0 Å². The van der Waals surface area contributed by atoms with Crippen LogP contribution in [0.5, 0.6) is 0 Å². The van der Waals surface area contributed by atoms with Gasteiger partial charge >= 0.3 is 5.97 Å². The molecular formula is C15H19NO3. The Labute approximate surface area is 113 Å². The van der Waals surface area contributed by atoms with Crippen LogP contribution in [-0.4, -0.2) is 37.0 Å². The molecule has 0 aliphatic rings. The van der Waals surface area contributed by atoms with Gasteiger partial charge in [-0.05, 0) is 24.6 Å². The Balaban J connectivity index is 2.97. The summed E-state index contributed by atoms with van der Waals surface area (Å²) in [6.45, 7) is 6.81. The average molecular weight is 261 g/mol. The molecule has 0 atom stereocenters. The molecule has 0 unspecified atom stereocenters. The smallest absolute Gasteiger partial charge is 0.337 e. The molecule has 4 nitrogen and oxygen atoms in total. The molecule has 19 heavy (non-hydrogen) atoms. The monoisotopic (exact) mass is 261 g/mol. The minimum atomic E-state index is -0.444. The van der Waals surface area contributed by atoms with Crippen molar-refractivity contribution in [1.29, 1.82) is 0 Å². The van der Waals surface area contributed by atoms with Gasteiger partial charge in [-0.1, -0.05) is 19.1 Å². The number of hydrogen-bond donors (Lipinski definition) is 0. The number of methoxy groups -OCH3 is 1. The van der Waals surface area contributed by atoms with Crippen molar-refractivity contribution in [3.63, 3.8) is 0 Å². The van der Waals surface area contributed by atoms with Crippen LogP contribution in [0.25, 0.3) is 0 Å². The van der Waals surface area contributed by atoms with E-state index < -0.39 is 5.97 Å². The molecule has 102 valence electrons. The summed E-state index contributed by atoms with van der Waals surface area (Å²) in [5.74, 6) is -0.548. The summed E-state index contributed by atoms with van der Waals surface area (Å²) in [6.07, 6.45) is 2.56. The Morgan fingerprint density at radius 2 is 2.05 bits per heavy atom. The maximum absolute atomic E-state index is 12.3. The minimum absolute atomic E-state index is 0.104. The second-order valence-corrected chi connectivity index (χ2v) is 4.11. The highest BCUT2D eigenvalue weighted by molar-refractivity contribution is 5.98. The van der Waals surface area contributed by atoms with Crippen molar-refractivity contribution < 1.29 is 14.3 Å². The Kier molecular flexibility index (Phi) is 5.79. The predicted octanol–water partition coefficient (Wildman–Crippen LogP) is 2.51. The zero-order chi connectivity index (χ0) is 14.3. The van der Waals surface area contributed by atoms with Crippen molar-refractivity contribution in [3.8, 4) is 0 Å². The lowest BCUT2D eigenvalue weighted by Gasteiger charge is -2.20. The lowest BCUT2D eigenvalue weighted by molar-refractivity contribution is 0.0600. The number of amides is 1. The number of esters is 1. The third kappa shape index (κ3) is 3.95. The molecule has 0 aromatic heterocycles. The molecule has 0 spiro atoms. The van der Waals surface area contributed by atoms with Crippen molar-refractivity contribution in [3.05, 3.63) is 48.0 Å². The van der Waals surface area contributed by atoms with Crippen molar-refractivity contribution in [1.82, 2.24) is 4.90 Å². The first-order valence-corrected chi connectivity index (χ1v) is 6.22. The van der Waals surface area contributed by atoms with Crippen molar-refractivity contribution in [2.45, 2.75) is 13.3 Å². The van der Waals surface area contributed by atoms with Crippen molar-refractivity contribution >= 4 is 11.9 Å². The van der Waals surface area contributed by atoms with Gasteiger partial charge in [0.25, 0.3) is 5.91 Å². The number of hydrogen-bond acceptors (Lipinski definition) is 3. The Bertz CT molecular complexity index is 468. The molecule has 0 saturated carbocycles. The van der Waals surface area contributed by atoms with Gasteiger partial charge in [-0.2, -0.15) is 0 Å². The van der Waals surface area contributed by atoms with Crippen LogP contribution in [0.1, 0.15) is 34.1 Å². The fraction of sp³-hybridized carbons (Fsp3) is 0.333. The van der Waals surface area contributed by atoms with Crippen molar-refractivity contribution in [2.24, 2.45) is 0 Å². The number of rotatable bonds is 6. The Hall–Kier alpha value is -2.10. The molecule has 0 N–H and O–H groups in total. The van der Waals surface area contributed by atoms with E-state index >= 15 is 0 Å². The summed E-state index contributed by atoms with van der Waals surface area (Å²) in [6, 6.07) is 6.55. The second-order valence-electron chi connectivity index (χ2n) is 4.11. The summed E-state index contributed by atoms with van der Waals surface area (Å²) < 4.78 is 4.65. The lowest BCUT2D eigenvalue weighted by atomic mass is 10.1. The normalized spacial score (nSPS) is 9.79. The number of benzene rings is 1. The minimum Gasteiger partial charge on any atom is -0.465 e. The van der Waals surface area contributed by atoms with E-state index in [0.717, 1.165) is 6.42 Å². The van der Waals surface area contributed by atoms with Crippen LogP contribution in [-0.2, 0) is 4.74 Å². The van der Waals surface area contributed by atoms with Crippen LogP contribution in [0.3, 0.4) is 0 Å². The van der Waals surface area contributed by atoms with Gasteiger partial charge in [0.05, 0.1) is 12.7 Å². The standard InChI is InChI=1S/C15H19NO3/c1-4-9-16(10-5-2)14(17)12-7-6-8-13(11-12)15(18)19-3/h4,6-8,11H,1,5,9-10H2,2-3H3. The molecule has 0 saturated heterocycles. The van der Waals surface area contributed by atoms with Crippen LogP contribution in [0.15, 0.2) is 36.9 Å². The van der Waals surface area contributed by atoms with Crippen LogP contribution in [0.2, 0.25) is 0 Å². The van der Waals surface area contributed by atoms with E-state index in [1.165, 1.54) is 7.11 Å². The van der Waals surface area contributed by atoms with Crippen LogP contribution in [0.4, 0.5) is 0 Å². The highest BCUT2D eigenvalue weighted by atomic mass is 16.5. The van der Waals surface area contributed by atoms with E-state index in [1.54, 1.807) is 35.2 Å². The third-order valence-electron chi connectivity index (χ3n) is 2.66. The average Bonchev–Trinajstić information content (AvgIpc) is 2.45. The Morgan fingerprint density at radius 1 is 1.37 bits per heavy atom. The molecule has 0 heterocycles. The molecule has 0 radical (unpaired) electrons. The maximum atomic E-state index is 12.3. The first-order valence-electron chi connectivity index (χ1n) is 6.22. The molecule has 1 rings (SSSR count). The van der Waals surface area contributed by atoms with Gasteiger partial charge in [-0.25, -0.2) is 4.79 Å². The first kappa shape index (κ1) is 15.0. The molecule has 1 amide bonds. The predicted molar refractivity (Wildman–Crippen MR) is 74.2 cm³/mol. The topological polar surface area (TPSA) is 46.6 Å². The number of carbonyl (C=O) groups is 2. The van der Waals surface area contributed by atoms with Gasteiger partial charge in [-0.3, -0.25) is 4.79 Å². The summed E-state index contributed by atoms with van der Waals surface area (Å²) >= 11 is 0. The van der Waals surface area contributed by atoms with E-state index in [4.69, 9.17) is 0 Å². The molecule has 1 aromatic rings. The van der Waals surface area contributed by atoms with Gasteiger partial charge in [0.15, 0.2) is 0 Å². The van der Waals surface area contributed by atoms with Gasteiger partial charge in [-0.15, -0.1) is 6.58 Å².